The Balaban J connectivity index is 1.90. The number of aromatic nitrogens is 2. The van der Waals surface area contributed by atoms with Crippen LogP contribution in [0.15, 0.2) is 38.3 Å². The Morgan fingerprint density at radius 1 is 1.28 bits per heavy atom. The predicted octanol–water partition coefficient (Wildman–Crippen LogP) is 3.48. The molecule has 2 aromatic heterocycles. The predicted molar refractivity (Wildman–Crippen MR) is 95.5 cm³/mol. The molecule has 3 rings (SSSR count). The quantitative estimate of drug-likeness (QED) is 0.705. The number of nitrogens with one attached hydrogen (secondary N) is 1. The number of anilines is 1. The molecule has 0 aliphatic carbocycles. The van der Waals surface area contributed by atoms with Crippen molar-refractivity contribution in [3.8, 4) is 17.2 Å². The van der Waals surface area contributed by atoms with E-state index in [1.165, 1.54) is 13.2 Å². The van der Waals surface area contributed by atoms with Gasteiger partial charge < -0.3 is 9.15 Å². The number of thiophene rings is 1. The van der Waals surface area contributed by atoms with Gasteiger partial charge in [0.25, 0.3) is 10.0 Å². The number of methoxy groups -OCH3 is 1. The molecular weight excluding hydrogens is 362 g/mol. The van der Waals surface area contributed by atoms with E-state index < -0.39 is 10.0 Å². The second kappa shape index (κ2) is 6.85. The van der Waals surface area contributed by atoms with Gasteiger partial charge in [0.1, 0.15) is 9.96 Å². The number of rotatable bonds is 6. The molecule has 0 atom stereocenters. The van der Waals surface area contributed by atoms with E-state index in [0.717, 1.165) is 16.9 Å². The summed E-state index contributed by atoms with van der Waals surface area (Å²) in [6.07, 6.45) is 0.622. The summed E-state index contributed by atoms with van der Waals surface area (Å²) in [6.45, 7) is 3.78. The largest absolute Gasteiger partial charge is 0.495 e. The normalized spacial score (nSPS) is 11.5. The molecule has 0 bridgehead atoms. The molecule has 2 heterocycles. The van der Waals surface area contributed by atoms with Gasteiger partial charge in [-0.15, -0.1) is 21.5 Å². The minimum absolute atomic E-state index is 0.155. The maximum Gasteiger partial charge on any atom is 0.271 e. The van der Waals surface area contributed by atoms with Crippen LogP contribution in [0.25, 0.3) is 11.5 Å². The molecule has 1 aromatic carbocycles. The van der Waals surface area contributed by atoms with Crippen molar-refractivity contribution < 1.29 is 17.6 Å². The zero-order chi connectivity index (χ0) is 18.0. The topological polar surface area (TPSA) is 94.3 Å². The van der Waals surface area contributed by atoms with Crippen molar-refractivity contribution in [3.63, 3.8) is 0 Å². The van der Waals surface area contributed by atoms with Crippen molar-refractivity contribution in [1.82, 2.24) is 10.2 Å². The van der Waals surface area contributed by atoms with E-state index >= 15 is 0 Å². The average molecular weight is 379 g/mol. The molecule has 0 radical (unpaired) electrons. The summed E-state index contributed by atoms with van der Waals surface area (Å²) in [5, 5.41) is 9.49. The summed E-state index contributed by atoms with van der Waals surface area (Å²) >= 11 is 1.09. The molecule has 3 aromatic rings. The molecule has 0 amide bonds. The van der Waals surface area contributed by atoms with Crippen LogP contribution < -0.4 is 9.46 Å². The fourth-order valence-corrected chi connectivity index (χ4v) is 4.39. The molecule has 0 spiro atoms. The molecule has 0 saturated carbocycles. The van der Waals surface area contributed by atoms with E-state index in [0.29, 0.717) is 35.2 Å². The van der Waals surface area contributed by atoms with E-state index in [2.05, 4.69) is 14.9 Å². The van der Waals surface area contributed by atoms with Crippen LogP contribution in [0.3, 0.4) is 0 Å². The highest BCUT2D eigenvalue weighted by molar-refractivity contribution is 7.94. The van der Waals surface area contributed by atoms with Gasteiger partial charge in [0.2, 0.25) is 11.8 Å². The molecule has 0 unspecified atom stereocenters. The van der Waals surface area contributed by atoms with Crippen LogP contribution >= 0.6 is 11.3 Å². The molecule has 0 aliphatic rings. The molecular formula is C16H17N3O4S2. The van der Waals surface area contributed by atoms with Crippen LogP contribution in [0, 0.1) is 6.92 Å². The van der Waals surface area contributed by atoms with Gasteiger partial charge in [0, 0.05) is 11.8 Å². The maximum atomic E-state index is 12.7. The van der Waals surface area contributed by atoms with Gasteiger partial charge in [-0.2, -0.15) is 0 Å². The molecule has 0 aliphatic heterocycles. The van der Waals surface area contributed by atoms with Crippen molar-refractivity contribution in [2.45, 2.75) is 24.5 Å². The van der Waals surface area contributed by atoms with Gasteiger partial charge in [-0.3, -0.25) is 4.72 Å². The standard InChI is InChI=1S/C16H17N3O4S2/c1-4-14-17-18-16(23-14)11-8-15(24-9-11)25(20,21)19-12-7-10(2)5-6-13(12)22-3/h5-9,19H,4H2,1-3H3. The number of aryl methyl sites for hydroxylation is 2. The summed E-state index contributed by atoms with van der Waals surface area (Å²) in [4.78, 5) is 0. The smallest absolute Gasteiger partial charge is 0.271 e. The summed E-state index contributed by atoms with van der Waals surface area (Å²) in [5.74, 6) is 1.27. The van der Waals surface area contributed by atoms with Crippen LogP contribution in [-0.2, 0) is 16.4 Å². The van der Waals surface area contributed by atoms with Gasteiger partial charge in [-0.25, -0.2) is 8.42 Å². The minimum Gasteiger partial charge on any atom is -0.495 e. The lowest BCUT2D eigenvalue weighted by molar-refractivity contribution is 0.417. The van der Waals surface area contributed by atoms with Gasteiger partial charge in [-0.1, -0.05) is 13.0 Å². The first-order valence-corrected chi connectivity index (χ1v) is 9.88. The highest BCUT2D eigenvalue weighted by Crippen LogP contribution is 2.32. The lowest BCUT2D eigenvalue weighted by atomic mass is 10.2. The Morgan fingerprint density at radius 3 is 2.76 bits per heavy atom. The Labute approximate surface area is 149 Å². The van der Waals surface area contributed by atoms with Crippen molar-refractivity contribution >= 4 is 27.0 Å². The van der Waals surface area contributed by atoms with Gasteiger partial charge in [-0.05, 0) is 30.7 Å². The summed E-state index contributed by atoms with van der Waals surface area (Å²) in [6, 6.07) is 6.80. The first-order valence-electron chi connectivity index (χ1n) is 7.51. The number of hydrogen-bond acceptors (Lipinski definition) is 7. The van der Waals surface area contributed by atoms with E-state index in [1.54, 1.807) is 17.5 Å². The summed E-state index contributed by atoms with van der Waals surface area (Å²) in [7, 11) is -2.26. The molecule has 25 heavy (non-hydrogen) atoms. The third kappa shape index (κ3) is 3.67. The lowest BCUT2D eigenvalue weighted by Gasteiger charge is -2.11. The zero-order valence-corrected chi connectivity index (χ0v) is 15.6. The SMILES string of the molecule is CCc1nnc(-c2csc(S(=O)(=O)Nc3cc(C)ccc3OC)c2)o1. The maximum absolute atomic E-state index is 12.7. The van der Waals surface area contributed by atoms with Crippen molar-refractivity contribution in [1.29, 1.82) is 0 Å². The Kier molecular flexibility index (Phi) is 4.78. The van der Waals surface area contributed by atoms with Gasteiger partial charge in [0.15, 0.2) is 0 Å². The lowest BCUT2D eigenvalue weighted by Crippen LogP contribution is -2.12. The second-order valence-corrected chi connectivity index (χ2v) is 8.14. The Morgan fingerprint density at radius 2 is 2.08 bits per heavy atom. The van der Waals surface area contributed by atoms with Gasteiger partial charge >= 0.3 is 0 Å². The molecule has 7 nitrogen and oxygen atoms in total. The molecule has 0 fully saturated rings. The van der Waals surface area contributed by atoms with Crippen molar-refractivity contribution in [2.75, 3.05) is 11.8 Å². The summed E-state index contributed by atoms with van der Waals surface area (Å²) in [5.41, 5.74) is 1.89. The van der Waals surface area contributed by atoms with Crippen molar-refractivity contribution in [2.24, 2.45) is 0 Å². The third-order valence-corrected chi connectivity index (χ3v) is 6.26. The minimum atomic E-state index is -3.75. The van der Waals surface area contributed by atoms with E-state index in [1.807, 2.05) is 19.9 Å². The zero-order valence-electron chi connectivity index (χ0n) is 13.9. The van der Waals surface area contributed by atoms with E-state index in [9.17, 15) is 8.42 Å². The third-order valence-electron chi connectivity index (χ3n) is 3.46. The number of sulfonamides is 1. The van der Waals surface area contributed by atoms with E-state index in [4.69, 9.17) is 9.15 Å². The van der Waals surface area contributed by atoms with Crippen LogP contribution in [0.2, 0.25) is 0 Å². The fourth-order valence-electron chi connectivity index (χ4n) is 2.18. The molecule has 9 heteroatoms. The fraction of sp³-hybridized carbons (Fsp3) is 0.250. The summed E-state index contributed by atoms with van der Waals surface area (Å²) < 4.78 is 38.7. The molecule has 1 N–H and O–H groups in total. The van der Waals surface area contributed by atoms with Crippen LogP contribution in [0.4, 0.5) is 5.69 Å². The first-order chi connectivity index (χ1) is 11.9. The number of benzene rings is 1. The second-order valence-electron chi connectivity index (χ2n) is 5.32. The van der Waals surface area contributed by atoms with Crippen LogP contribution in [-0.4, -0.2) is 25.7 Å². The van der Waals surface area contributed by atoms with E-state index in [-0.39, 0.29) is 4.21 Å². The highest BCUT2D eigenvalue weighted by atomic mass is 32.2. The number of hydrogen-bond donors (Lipinski definition) is 1. The number of ether oxygens (including phenoxy) is 1. The Bertz CT molecular complexity index is 992. The molecule has 0 saturated heterocycles. The van der Waals surface area contributed by atoms with Crippen LogP contribution in [0.5, 0.6) is 5.75 Å². The highest BCUT2D eigenvalue weighted by Gasteiger charge is 2.21. The van der Waals surface area contributed by atoms with Crippen LogP contribution in [0.1, 0.15) is 18.4 Å². The first kappa shape index (κ1) is 17.4. The molecule has 132 valence electrons. The average Bonchev–Trinajstić information content (AvgIpc) is 3.24. The number of nitrogens with zero attached hydrogens (tertiary/aromatic N) is 2. The van der Waals surface area contributed by atoms with Crippen molar-refractivity contribution in [3.05, 3.63) is 41.1 Å². The van der Waals surface area contributed by atoms with Gasteiger partial charge in [0.05, 0.1) is 18.4 Å². The Hall–Kier alpha value is -2.39. The monoisotopic (exact) mass is 379 g/mol.